The van der Waals surface area contributed by atoms with Crippen LogP contribution in [-0.4, -0.2) is 29.0 Å². The number of amides is 1. The molecule has 3 aromatic rings. The summed E-state index contributed by atoms with van der Waals surface area (Å²) < 4.78 is 18.7. The van der Waals surface area contributed by atoms with Gasteiger partial charge in [-0.05, 0) is 68.3 Å². The van der Waals surface area contributed by atoms with E-state index in [1.54, 1.807) is 24.3 Å². The molecule has 0 unspecified atom stereocenters. The Morgan fingerprint density at radius 1 is 1.07 bits per heavy atom. The van der Waals surface area contributed by atoms with Gasteiger partial charge in [-0.25, -0.2) is 14.4 Å². The van der Waals surface area contributed by atoms with Crippen LogP contribution in [0.1, 0.15) is 34.6 Å². The molecule has 0 aliphatic carbocycles. The van der Waals surface area contributed by atoms with Crippen LogP contribution in [0.4, 0.5) is 10.3 Å². The second kappa shape index (κ2) is 8.90. The highest BCUT2D eigenvalue weighted by Crippen LogP contribution is 2.22. The van der Waals surface area contributed by atoms with E-state index in [0.29, 0.717) is 23.6 Å². The van der Waals surface area contributed by atoms with Gasteiger partial charge >= 0.3 is 0 Å². The van der Waals surface area contributed by atoms with Gasteiger partial charge in [0.15, 0.2) is 0 Å². The summed E-state index contributed by atoms with van der Waals surface area (Å²) in [4.78, 5) is 23.9. The molecule has 0 radical (unpaired) electrons. The number of benzene rings is 2. The molecular formula is C23H23FN4O2. The van der Waals surface area contributed by atoms with E-state index in [-0.39, 0.29) is 11.7 Å². The van der Waals surface area contributed by atoms with E-state index >= 15 is 0 Å². The van der Waals surface area contributed by atoms with Crippen LogP contribution in [0.5, 0.6) is 11.5 Å². The number of hydrogen-bond donors (Lipinski definition) is 1. The van der Waals surface area contributed by atoms with Gasteiger partial charge < -0.3 is 15.0 Å². The molecule has 4 rings (SSSR count). The number of carbonyl (C=O) groups excluding carboxylic acids is 1. The predicted molar refractivity (Wildman–Crippen MR) is 112 cm³/mol. The van der Waals surface area contributed by atoms with Gasteiger partial charge in [-0.15, -0.1) is 0 Å². The van der Waals surface area contributed by atoms with Crippen LogP contribution in [0.3, 0.4) is 0 Å². The Hall–Kier alpha value is -3.48. The smallest absolute Gasteiger partial charge is 0.251 e. The van der Waals surface area contributed by atoms with Crippen molar-refractivity contribution < 1.29 is 13.9 Å². The molecule has 30 heavy (non-hydrogen) atoms. The van der Waals surface area contributed by atoms with Crippen molar-refractivity contribution in [1.29, 1.82) is 0 Å². The number of rotatable bonds is 6. The molecule has 1 saturated heterocycles. The van der Waals surface area contributed by atoms with Gasteiger partial charge in [0.1, 0.15) is 17.3 Å². The minimum atomic E-state index is -0.330. The van der Waals surface area contributed by atoms with Gasteiger partial charge in [0.25, 0.3) is 5.91 Å². The molecular weight excluding hydrogens is 383 g/mol. The molecule has 0 atom stereocenters. The molecule has 1 amide bonds. The molecule has 0 bridgehead atoms. The molecule has 1 N–H and O–H groups in total. The molecule has 1 fully saturated rings. The average molecular weight is 406 g/mol. The zero-order valence-corrected chi connectivity index (χ0v) is 16.8. The highest BCUT2D eigenvalue weighted by Gasteiger charge is 2.16. The molecule has 0 saturated carbocycles. The van der Waals surface area contributed by atoms with Crippen molar-refractivity contribution >= 4 is 11.9 Å². The molecule has 2 aromatic carbocycles. The molecule has 0 spiro atoms. The molecule has 6 nitrogen and oxygen atoms in total. The normalized spacial score (nSPS) is 13.3. The first kappa shape index (κ1) is 19.8. The molecule has 1 aliphatic heterocycles. The zero-order chi connectivity index (χ0) is 20.9. The van der Waals surface area contributed by atoms with Gasteiger partial charge in [0.05, 0.1) is 12.2 Å². The van der Waals surface area contributed by atoms with Gasteiger partial charge in [-0.2, -0.15) is 0 Å². The Morgan fingerprint density at radius 3 is 2.60 bits per heavy atom. The third kappa shape index (κ3) is 4.92. The Balaban J connectivity index is 1.41. The monoisotopic (exact) mass is 406 g/mol. The Labute approximate surface area is 174 Å². The first-order valence-electron chi connectivity index (χ1n) is 9.98. The number of carbonyl (C=O) groups is 1. The fourth-order valence-corrected chi connectivity index (χ4v) is 3.38. The highest BCUT2D eigenvalue weighted by molar-refractivity contribution is 5.94. The number of ether oxygens (including phenoxy) is 1. The lowest BCUT2D eigenvalue weighted by atomic mass is 10.2. The number of anilines is 1. The summed E-state index contributed by atoms with van der Waals surface area (Å²) in [5.74, 6) is 1.18. The highest BCUT2D eigenvalue weighted by atomic mass is 19.1. The average Bonchev–Trinajstić information content (AvgIpc) is 3.29. The van der Waals surface area contributed by atoms with Crippen LogP contribution in [0.25, 0.3) is 0 Å². The number of aromatic nitrogens is 2. The number of aryl methyl sites for hydroxylation is 1. The van der Waals surface area contributed by atoms with Crippen LogP contribution in [0, 0.1) is 12.7 Å². The third-order valence-corrected chi connectivity index (χ3v) is 4.86. The van der Waals surface area contributed by atoms with E-state index in [4.69, 9.17) is 4.74 Å². The fraction of sp³-hybridized carbons (Fsp3) is 0.261. The molecule has 154 valence electrons. The first-order chi connectivity index (χ1) is 14.6. The number of nitrogens with one attached hydrogen (secondary N) is 1. The molecule has 1 aromatic heterocycles. The first-order valence-corrected chi connectivity index (χ1v) is 9.98. The van der Waals surface area contributed by atoms with Crippen molar-refractivity contribution in [2.45, 2.75) is 26.3 Å². The molecule has 1 aliphatic rings. The van der Waals surface area contributed by atoms with Gasteiger partial charge in [-0.3, -0.25) is 4.79 Å². The Morgan fingerprint density at radius 2 is 1.83 bits per heavy atom. The number of halogens is 1. The van der Waals surface area contributed by atoms with E-state index in [0.717, 1.165) is 43.3 Å². The van der Waals surface area contributed by atoms with Crippen molar-refractivity contribution in [3.8, 4) is 11.5 Å². The summed E-state index contributed by atoms with van der Waals surface area (Å²) in [6.07, 6.45) is 2.30. The van der Waals surface area contributed by atoms with Crippen LogP contribution in [0.2, 0.25) is 0 Å². The summed E-state index contributed by atoms with van der Waals surface area (Å²) in [6.45, 7) is 4.18. The topological polar surface area (TPSA) is 67.3 Å². The van der Waals surface area contributed by atoms with E-state index in [1.165, 1.54) is 24.3 Å². The fourth-order valence-electron chi connectivity index (χ4n) is 3.38. The van der Waals surface area contributed by atoms with Gasteiger partial charge in [0.2, 0.25) is 5.95 Å². The second-order valence-corrected chi connectivity index (χ2v) is 7.26. The van der Waals surface area contributed by atoms with E-state index in [9.17, 15) is 9.18 Å². The quantitative estimate of drug-likeness (QED) is 0.663. The van der Waals surface area contributed by atoms with Crippen molar-refractivity contribution in [2.75, 3.05) is 18.0 Å². The lowest BCUT2D eigenvalue weighted by molar-refractivity contribution is 0.0950. The summed E-state index contributed by atoms with van der Waals surface area (Å²) in [5, 5.41) is 2.91. The minimum Gasteiger partial charge on any atom is -0.457 e. The second-order valence-electron chi connectivity index (χ2n) is 7.26. The maximum Gasteiger partial charge on any atom is 0.251 e. The maximum absolute atomic E-state index is 13.0. The minimum absolute atomic E-state index is 0.224. The standard InChI is InChI=1S/C23H23FN4O2/c1-16-13-19(27-23(26-16)28-11-2-3-12-28)15-25-22(29)17-5-4-6-21(14-17)30-20-9-7-18(24)8-10-20/h4-10,13-14H,2-3,11-12,15H2,1H3,(H,25,29). The number of nitrogens with zero attached hydrogens (tertiary/aromatic N) is 3. The van der Waals surface area contributed by atoms with Crippen LogP contribution < -0.4 is 15.0 Å². The van der Waals surface area contributed by atoms with Crippen molar-refractivity contribution in [2.24, 2.45) is 0 Å². The summed E-state index contributed by atoms with van der Waals surface area (Å²) in [5.41, 5.74) is 2.13. The number of hydrogen-bond acceptors (Lipinski definition) is 5. The van der Waals surface area contributed by atoms with E-state index in [1.807, 2.05) is 13.0 Å². The molecule has 2 heterocycles. The predicted octanol–water partition coefficient (Wildman–Crippen LogP) is 4.25. The maximum atomic E-state index is 13.0. The lowest BCUT2D eigenvalue weighted by Crippen LogP contribution is -2.25. The Bertz CT molecular complexity index is 1030. The summed E-state index contributed by atoms with van der Waals surface area (Å²) in [6, 6.07) is 14.5. The largest absolute Gasteiger partial charge is 0.457 e. The van der Waals surface area contributed by atoms with Crippen LogP contribution in [0.15, 0.2) is 54.6 Å². The summed E-state index contributed by atoms with van der Waals surface area (Å²) >= 11 is 0. The van der Waals surface area contributed by atoms with Crippen LogP contribution >= 0.6 is 0 Å². The lowest BCUT2D eigenvalue weighted by Gasteiger charge is -2.16. The van der Waals surface area contributed by atoms with E-state index < -0.39 is 0 Å². The van der Waals surface area contributed by atoms with E-state index in [2.05, 4.69) is 20.2 Å². The summed E-state index contributed by atoms with van der Waals surface area (Å²) in [7, 11) is 0. The van der Waals surface area contributed by atoms with Crippen molar-refractivity contribution in [3.05, 3.63) is 77.4 Å². The third-order valence-electron chi connectivity index (χ3n) is 4.86. The Kier molecular flexibility index (Phi) is 5.88. The molecule has 7 heteroatoms. The van der Waals surface area contributed by atoms with Crippen LogP contribution in [-0.2, 0) is 6.54 Å². The zero-order valence-electron chi connectivity index (χ0n) is 16.8. The van der Waals surface area contributed by atoms with Crippen molar-refractivity contribution in [3.63, 3.8) is 0 Å². The van der Waals surface area contributed by atoms with Gasteiger partial charge in [0, 0.05) is 24.3 Å². The van der Waals surface area contributed by atoms with Gasteiger partial charge in [-0.1, -0.05) is 6.07 Å². The SMILES string of the molecule is Cc1cc(CNC(=O)c2cccc(Oc3ccc(F)cc3)c2)nc(N2CCCC2)n1. The van der Waals surface area contributed by atoms with Crippen molar-refractivity contribution in [1.82, 2.24) is 15.3 Å².